The Kier molecular flexibility index (Phi) is 6.64. The molecule has 1 atom stereocenters. The fraction of sp³-hybridized carbons (Fsp3) is 0.579. The van der Waals surface area contributed by atoms with Crippen molar-refractivity contribution in [2.75, 3.05) is 13.1 Å². The standard InChI is InChI=1S/C19H29N3O2/c1-14(2)17(21-19(20)24)18(23)22-12-10-16(11-13-22)9-8-15-6-4-3-5-7-15/h3-7,14,16-17H,8-13H2,1-2H3,(H3,20,21,24)/t17-/m0/s1. The summed E-state index contributed by atoms with van der Waals surface area (Å²) in [5, 5.41) is 2.58. The molecule has 3 N–H and O–H groups in total. The number of rotatable bonds is 6. The third kappa shape index (κ3) is 5.25. The van der Waals surface area contributed by atoms with Crippen molar-refractivity contribution in [3.05, 3.63) is 35.9 Å². The van der Waals surface area contributed by atoms with Crippen LogP contribution < -0.4 is 11.1 Å². The minimum atomic E-state index is -0.639. The monoisotopic (exact) mass is 331 g/mol. The summed E-state index contributed by atoms with van der Waals surface area (Å²) in [6.45, 7) is 5.38. The predicted octanol–water partition coefficient (Wildman–Crippen LogP) is 2.55. The number of nitrogens with zero attached hydrogens (tertiary/aromatic N) is 1. The van der Waals surface area contributed by atoms with Crippen molar-refractivity contribution in [3.63, 3.8) is 0 Å². The number of hydrogen-bond acceptors (Lipinski definition) is 2. The van der Waals surface area contributed by atoms with E-state index in [4.69, 9.17) is 5.73 Å². The molecular weight excluding hydrogens is 302 g/mol. The van der Waals surface area contributed by atoms with Crippen LogP contribution in [0.5, 0.6) is 0 Å². The van der Waals surface area contributed by atoms with Crippen molar-refractivity contribution < 1.29 is 9.59 Å². The Bertz CT molecular complexity index is 537. The van der Waals surface area contributed by atoms with Crippen LogP contribution in [0, 0.1) is 11.8 Å². The molecule has 1 aliphatic heterocycles. The molecule has 1 aromatic carbocycles. The Morgan fingerprint density at radius 1 is 1.21 bits per heavy atom. The molecule has 0 radical (unpaired) electrons. The first-order valence-electron chi connectivity index (χ1n) is 8.86. The van der Waals surface area contributed by atoms with Gasteiger partial charge in [-0.15, -0.1) is 0 Å². The van der Waals surface area contributed by atoms with Crippen molar-refractivity contribution in [1.29, 1.82) is 0 Å². The van der Waals surface area contributed by atoms with Crippen LogP contribution in [0.25, 0.3) is 0 Å². The SMILES string of the molecule is CC(C)[C@H](NC(N)=O)C(=O)N1CCC(CCc2ccccc2)CC1. The lowest BCUT2D eigenvalue weighted by atomic mass is 9.90. The van der Waals surface area contributed by atoms with Gasteiger partial charge in [-0.05, 0) is 43.1 Å². The molecule has 1 heterocycles. The smallest absolute Gasteiger partial charge is 0.312 e. The Hall–Kier alpha value is -2.04. The first-order chi connectivity index (χ1) is 11.5. The average Bonchev–Trinajstić information content (AvgIpc) is 2.58. The van der Waals surface area contributed by atoms with Crippen molar-refractivity contribution in [3.8, 4) is 0 Å². The second-order valence-electron chi connectivity index (χ2n) is 7.02. The van der Waals surface area contributed by atoms with Gasteiger partial charge in [-0.3, -0.25) is 4.79 Å². The number of carbonyl (C=O) groups is 2. The van der Waals surface area contributed by atoms with E-state index in [0.717, 1.165) is 32.4 Å². The number of benzene rings is 1. The predicted molar refractivity (Wildman–Crippen MR) is 95.4 cm³/mol. The van der Waals surface area contributed by atoms with E-state index in [2.05, 4.69) is 29.6 Å². The van der Waals surface area contributed by atoms with Crippen LogP contribution in [0.3, 0.4) is 0 Å². The summed E-state index contributed by atoms with van der Waals surface area (Å²) in [6.07, 6.45) is 4.32. The van der Waals surface area contributed by atoms with Crippen molar-refractivity contribution in [2.24, 2.45) is 17.6 Å². The summed E-state index contributed by atoms with van der Waals surface area (Å²) in [7, 11) is 0. The molecule has 3 amide bonds. The fourth-order valence-corrected chi connectivity index (χ4v) is 3.32. The summed E-state index contributed by atoms with van der Waals surface area (Å²) in [4.78, 5) is 25.6. The lowest BCUT2D eigenvalue weighted by molar-refractivity contribution is -0.135. The molecule has 1 aromatic rings. The summed E-state index contributed by atoms with van der Waals surface area (Å²) >= 11 is 0. The highest BCUT2D eigenvalue weighted by atomic mass is 16.2. The van der Waals surface area contributed by atoms with Gasteiger partial charge in [-0.25, -0.2) is 4.79 Å². The maximum atomic E-state index is 12.6. The summed E-state index contributed by atoms with van der Waals surface area (Å²) in [5.41, 5.74) is 6.57. The first kappa shape index (κ1) is 18.3. The van der Waals surface area contributed by atoms with Crippen LogP contribution >= 0.6 is 0 Å². The molecule has 1 fully saturated rings. The maximum absolute atomic E-state index is 12.6. The number of primary amides is 1. The molecule has 0 bridgehead atoms. The number of nitrogens with two attached hydrogens (primary N) is 1. The van der Waals surface area contributed by atoms with E-state index in [1.54, 1.807) is 0 Å². The quantitative estimate of drug-likeness (QED) is 0.840. The number of nitrogens with one attached hydrogen (secondary N) is 1. The van der Waals surface area contributed by atoms with E-state index in [9.17, 15) is 9.59 Å². The van der Waals surface area contributed by atoms with Crippen molar-refractivity contribution in [1.82, 2.24) is 10.2 Å². The van der Waals surface area contributed by atoms with Gasteiger partial charge in [-0.2, -0.15) is 0 Å². The molecule has 0 saturated carbocycles. The largest absolute Gasteiger partial charge is 0.352 e. The normalized spacial score (nSPS) is 16.9. The van der Waals surface area contributed by atoms with E-state index >= 15 is 0 Å². The zero-order valence-electron chi connectivity index (χ0n) is 14.7. The number of likely N-dealkylation sites (tertiary alicyclic amines) is 1. The van der Waals surface area contributed by atoms with E-state index in [1.807, 2.05) is 24.8 Å². The third-order valence-electron chi connectivity index (χ3n) is 4.84. The molecule has 2 rings (SSSR count). The average molecular weight is 331 g/mol. The number of carbonyl (C=O) groups excluding carboxylic acids is 2. The third-order valence-corrected chi connectivity index (χ3v) is 4.84. The first-order valence-corrected chi connectivity index (χ1v) is 8.86. The number of piperidine rings is 1. The number of urea groups is 1. The van der Waals surface area contributed by atoms with Gasteiger partial charge in [0.25, 0.3) is 0 Å². The molecule has 1 aliphatic rings. The van der Waals surface area contributed by atoms with Crippen molar-refractivity contribution >= 4 is 11.9 Å². The van der Waals surface area contributed by atoms with Crippen LogP contribution in [0.4, 0.5) is 4.79 Å². The summed E-state index contributed by atoms with van der Waals surface area (Å²) < 4.78 is 0. The molecule has 0 aliphatic carbocycles. The van der Waals surface area contributed by atoms with E-state index in [-0.39, 0.29) is 11.8 Å². The lowest BCUT2D eigenvalue weighted by Gasteiger charge is -2.35. The van der Waals surface area contributed by atoms with Crippen LogP contribution in [-0.2, 0) is 11.2 Å². The Labute approximate surface area is 144 Å². The van der Waals surface area contributed by atoms with Gasteiger partial charge in [-0.1, -0.05) is 44.2 Å². The van der Waals surface area contributed by atoms with E-state index in [1.165, 1.54) is 12.0 Å². The molecule has 24 heavy (non-hydrogen) atoms. The highest BCUT2D eigenvalue weighted by Gasteiger charge is 2.30. The molecule has 1 saturated heterocycles. The lowest BCUT2D eigenvalue weighted by Crippen LogP contribution is -2.54. The molecule has 0 unspecified atom stereocenters. The molecular formula is C19H29N3O2. The van der Waals surface area contributed by atoms with Crippen LogP contribution in [0.15, 0.2) is 30.3 Å². The van der Waals surface area contributed by atoms with E-state index < -0.39 is 12.1 Å². The van der Waals surface area contributed by atoms with Gasteiger partial charge in [0.15, 0.2) is 0 Å². The van der Waals surface area contributed by atoms with Gasteiger partial charge >= 0.3 is 6.03 Å². The molecule has 5 nitrogen and oxygen atoms in total. The number of hydrogen-bond donors (Lipinski definition) is 2. The minimum absolute atomic E-state index is 0.00897. The van der Waals surface area contributed by atoms with Gasteiger partial charge in [0.05, 0.1) is 0 Å². The Morgan fingerprint density at radius 2 is 1.83 bits per heavy atom. The second kappa shape index (κ2) is 8.71. The number of aryl methyl sites for hydroxylation is 1. The molecule has 0 spiro atoms. The second-order valence-corrected chi connectivity index (χ2v) is 7.02. The molecule has 5 heteroatoms. The van der Waals surface area contributed by atoms with Crippen LogP contribution in [0.2, 0.25) is 0 Å². The van der Waals surface area contributed by atoms with Gasteiger partial charge < -0.3 is 16.0 Å². The zero-order valence-corrected chi connectivity index (χ0v) is 14.7. The Morgan fingerprint density at radius 3 is 2.38 bits per heavy atom. The fourth-order valence-electron chi connectivity index (χ4n) is 3.32. The van der Waals surface area contributed by atoms with Gasteiger partial charge in [0.1, 0.15) is 6.04 Å². The van der Waals surface area contributed by atoms with Gasteiger partial charge in [0.2, 0.25) is 5.91 Å². The van der Waals surface area contributed by atoms with E-state index in [0.29, 0.717) is 5.92 Å². The topological polar surface area (TPSA) is 75.4 Å². The highest BCUT2D eigenvalue weighted by Crippen LogP contribution is 2.23. The number of amides is 3. The molecule has 0 aromatic heterocycles. The maximum Gasteiger partial charge on any atom is 0.312 e. The minimum Gasteiger partial charge on any atom is -0.352 e. The van der Waals surface area contributed by atoms with Crippen LogP contribution in [-0.4, -0.2) is 36.0 Å². The van der Waals surface area contributed by atoms with Crippen molar-refractivity contribution in [2.45, 2.75) is 45.6 Å². The molecule has 132 valence electrons. The highest BCUT2D eigenvalue weighted by molar-refractivity contribution is 5.86. The summed E-state index contributed by atoms with van der Waals surface area (Å²) in [6, 6.07) is 9.37. The zero-order chi connectivity index (χ0) is 17.5. The Balaban J connectivity index is 1.80. The van der Waals surface area contributed by atoms with Crippen LogP contribution in [0.1, 0.15) is 38.7 Å². The van der Waals surface area contributed by atoms with Gasteiger partial charge in [0, 0.05) is 13.1 Å². The summed E-state index contributed by atoms with van der Waals surface area (Å²) in [5.74, 6) is 0.682.